The van der Waals surface area contributed by atoms with Gasteiger partial charge in [-0.1, -0.05) is 17.7 Å². The fourth-order valence-corrected chi connectivity index (χ4v) is 1.53. The smallest absolute Gasteiger partial charge is 0.120 e. The van der Waals surface area contributed by atoms with E-state index in [0.717, 1.165) is 0 Å². The van der Waals surface area contributed by atoms with E-state index in [-0.39, 0.29) is 6.61 Å². The molecule has 0 aromatic heterocycles. The first-order valence-electron chi connectivity index (χ1n) is 5.86. The molecule has 0 aliphatic rings. The van der Waals surface area contributed by atoms with Crippen molar-refractivity contribution < 1.29 is 14.9 Å². The SMILES string of the molecule is CC(C)(O)CNCC(O)COc1cccc(Cl)c1. The normalized spacial score (nSPS) is 13.4. The van der Waals surface area contributed by atoms with Crippen molar-refractivity contribution in [2.75, 3.05) is 19.7 Å². The largest absolute Gasteiger partial charge is 0.491 e. The van der Waals surface area contributed by atoms with Gasteiger partial charge in [0, 0.05) is 18.1 Å². The lowest BCUT2D eigenvalue weighted by atomic mass is 10.1. The van der Waals surface area contributed by atoms with Gasteiger partial charge in [0.1, 0.15) is 18.5 Å². The quantitative estimate of drug-likeness (QED) is 0.704. The molecule has 0 bridgehead atoms. The zero-order chi connectivity index (χ0) is 13.6. The molecule has 1 aromatic rings. The molecular formula is C13H20ClNO3. The topological polar surface area (TPSA) is 61.7 Å². The molecule has 1 rings (SSSR count). The minimum absolute atomic E-state index is 0.180. The molecular weight excluding hydrogens is 254 g/mol. The van der Waals surface area contributed by atoms with Crippen LogP contribution in [0.4, 0.5) is 0 Å². The summed E-state index contributed by atoms with van der Waals surface area (Å²) in [5.74, 6) is 0.629. The fraction of sp³-hybridized carbons (Fsp3) is 0.538. The average molecular weight is 274 g/mol. The highest BCUT2D eigenvalue weighted by Gasteiger charge is 2.13. The molecule has 1 atom stereocenters. The van der Waals surface area contributed by atoms with Crippen LogP contribution < -0.4 is 10.1 Å². The molecule has 0 fully saturated rings. The molecule has 102 valence electrons. The third-order valence-electron chi connectivity index (χ3n) is 2.18. The number of ether oxygens (including phenoxy) is 1. The van der Waals surface area contributed by atoms with E-state index in [4.69, 9.17) is 16.3 Å². The van der Waals surface area contributed by atoms with Crippen molar-refractivity contribution >= 4 is 11.6 Å². The number of hydrogen-bond donors (Lipinski definition) is 3. The van der Waals surface area contributed by atoms with Crippen LogP contribution in [0, 0.1) is 0 Å². The standard InChI is InChI=1S/C13H20ClNO3/c1-13(2,17)9-15-7-11(16)8-18-12-5-3-4-10(14)6-12/h3-6,11,15-17H,7-9H2,1-2H3. The van der Waals surface area contributed by atoms with Crippen LogP contribution in [0.25, 0.3) is 0 Å². The number of aliphatic hydroxyl groups is 2. The second-order valence-corrected chi connectivity index (χ2v) is 5.30. The van der Waals surface area contributed by atoms with Crippen molar-refractivity contribution in [3.8, 4) is 5.75 Å². The predicted molar refractivity (Wildman–Crippen MR) is 72.1 cm³/mol. The second kappa shape index (κ2) is 6.95. The van der Waals surface area contributed by atoms with Crippen molar-refractivity contribution in [2.24, 2.45) is 0 Å². The van der Waals surface area contributed by atoms with Gasteiger partial charge in [-0.3, -0.25) is 0 Å². The summed E-state index contributed by atoms with van der Waals surface area (Å²) in [6.07, 6.45) is -0.633. The summed E-state index contributed by atoms with van der Waals surface area (Å²) in [6.45, 7) is 4.37. The fourth-order valence-electron chi connectivity index (χ4n) is 1.35. The van der Waals surface area contributed by atoms with Gasteiger partial charge in [-0.05, 0) is 32.0 Å². The summed E-state index contributed by atoms with van der Waals surface area (Å²) in [7, 11) is 0. The monoisotopic (exact) mass is 273 g/mol. The second-order valence-electron chi connectivity index (χ2n) is 4.87. The Hall–Kier alpha value is -0.810. The minimum Gasteiger partial charge on any atom is -0.491 e. The molecule has 3 N–H and O–H groups in total. The van der Waals surface area contributed by atoms with E-state index in [1.165, 1.54) is 0 Å². The Labute approximate surface area is 113 Å². The number of rotatable bonds is 7. The predicted octanol–water partition coefficient (Wildman–Crippen LogP) is 1.44. The maximum Gasteiger partial charge on any atom is 0.120 e. The molecule has 1 unspecified atom stereocenters. The minimum atomic E-state index is -0.784. The Balaban J connectivity index is 2.23. The van der Waals surface area contributed by atoms with E-state index in [0.29, 0.717) is 23.9 Å². The zero-order valence-corrected chi connectivity index (χ0v) is 11.4. The van der Waals surface area contributed by atoms with Crippen LogP contribution in [0.2, 0.25) is 5.02 Å². The van der Waals surface area contributed by atoms with E-state index in [2.05, 4.69) is 5.32 Å². The molecule has 0 radical (unpaired) electrons. The van der Waals surface area contributed by atoms with E-state index in [1.54, 1.807) is 38.1 Å². The summed E-state index contributed by atoms with van der Waals surface area (Å²) in [4.78, 5) is 0. The van der Waals surface area contributed by atoms with Crippen molar-refractivity contribution in [3.63, 3.8) is 0 Å². The van der Waals surface area contributed by atoms with E-state index in [9.17, 15) is 10.2 Å². The Kier molecular flexibility index (Phi) is 5.88. The molecule has 0 spiro atoms. The molecule has 18 heavy (non-hydrogen) atoms. The molecule has 5 heteroatoms. The number of aliphatic hydroxyl groups excluding tert-OH is 1. The van der Waals surface area contributed by atoms with E-state index < -0.39 is 11.7 Å². The molecule has 0 saturated carbocycles. The maximum atomic E-state index is 9.67. The summed E-state index contributed by atoms with van der Waals surface area (Å²) in [5.41, 5.74) is -0.784. The van der Waals surface area contributed by atoms with Gasteiger partial charge in [-0.2, -0.15) is 0 Å². The van der Waals surface area contributed by atoms with Crippen LogP contribution >= 0.6 is 11.6 Å². The third-order valence-corrected chi connectivity index (χ3v) is 2.41. The van der Waals surface area contributed by atoms with E-state index in [1.807, 2.05) is 0 Å². The highest BCUT2D eigenvalue weighted by molar-refractivity contribution is 6.30. The molecule has 0 amide bonds. The number of nitrogens with one attached hydrogen (secondary N) is 1. The van der Waals surface area contributed by atoms with E-state index >= 15 is 0 Å². The number of halogens is 1. The van der Waals surface area contributed by atoms with Gasteiger partial charge in [0.15, 0.2) is 0 Å². The number of hydrogen-bond acceptors (Lipinski definition) is 4. The summed E-state index contributed by atoms with van der Waals surface area (Å²) in [6, 6.07) is 7.02. The highest BCUT2D eigenvalue weighted by Crippen LogP contribution is 2.17. The Morgan fingerprint density at radius 3 is 2.78 bits per heavy atom. The van der Waals surface area contributed by atoms with Gasteiger partial charge in [0.2, 0.25) is 0 Å². The van der Waals surface area contributed by atoms with Crippen LogP contribution in [0.3, 0.4) is 0 Å². The van der Waals surface area contributed by atoms with Crippen molar-refractivity contribution in [2.45, 2.75) is 25.6 Å². The summed E-state index contributed by atoms with van der Waals surface area (Å²) in [5, 5.41) is 22.7. The van der Waals surface area contributed by atoms with Crippen LogP contribution in [-0.4, -0.2) is 41.6 Å². The lowest BCUT2D eigenvalue weighted by Gasteiger charge is -2.19. The molecule has 0 saturated heterocycles. The van der Waals surface area contributed by atoms with Crippen molar-refractivity contribution in [1.29, 1.82) is 0 Å². The summed E-state index contributed by atoms with van der Waals surface area (Å²) >= 11 is 5.81. The van der Waals surface area contributed by atoms with Crippen molar-refractivity contribution in [1.82, 2.24) is 5.32 Å². The van der Waals surface area contributed by atoms with Crippen LogP contribution in [0.1, 0.15) is 13.8 Å². The van der Waals surface area contributed by atoms with Crippen LogP contribution in [-0.2, 0) is 0 Å². The lowest BCUT2D eigenvalue weighted by Crippen LogP contribution is -2.40. The van der Waals surface area contributed by atoms with Gasteiger partial charge in [0.25, 0.3) is 0 Å². The number of benzene rings is 1. The molecule has 0 aliphatic heterocycles. The molecule has 4 nitrogen and oxygen atoms in total. The molecule has 0 aliphatic carbocycles. The van der Waals surface area contributed by atoms with Gasteiger partial charge >= 0.3 is 0 Å². The van der Waals surface area contributed by atoms with Crippen LogP contribution in [0.15, 0.2) is 24.3 Å². The van der Waals surface area contributed by atoms with Gasteiger partial charge in [-0.15, -0.1) is 0 Å². The van der Waals surface area contributed by atoms with Crippen LogP contribution in [0.5, 0.6) is 5.75 Å². The Bertz CT molecular complexity index is 365. The Morgan fingerprint density at radius 1 is 1.44 bits per heavy atom. The zero-order valence-electron chi connectivity index (χ0n) is 10.7. The average Bonchev–Trinajstić information content (AvgIpc) is 2.25. The molecule has 0 heterocycles. The maximum absolute atomic E-state index is 9.67. The third kappa shape index (κ3) is 6.81. The summed E-state index contributed by atoms with van der Waals surface area (Å²) < 4.78 is 5.39. The first-order chi connectivity index (χ1) is 8.37. The van der Waals surface area contributed by atoms with Gasteiger partial charge in [0.05, 0.1) is 5.60 Å². The Morgan fingerprint density at radius 2 is 2.17 bits per heavy atom. The first kappa shape index (κ1) is 15.2. The first-order valence-corrected chi connectivity index (χ1v) is 6.24. The van der Waals surface area contributed by atoms with Gasteiger partial charge in [-0.25, -0.2) is 0 Å². The van der Waals surface area contributed by atoms with Gasteiger partial charge < -0.3 is 20.3 Å². The lowest BCUT2D eigenvalue weighted by molar-refractivity contribution is 0.0665. The molecule has 1 aromatic carbocycles. The van der Waals surface area contributed by atoms with Crippen molar-refractivity contribution in [3.05, 3.63) is 29.3 Å². The highest BCUT2D eigenvalue weighted by atomic mass is 35.5.